The number of sulfonamides is 1. The van der Waals surface area contributed by atoms with Crippen LogP contribution < -0.4 is 15.4 Å². The van der Waals surface area contributed by atoms with Gasteiger partial charge in [-0.2, -0.15) is 0 Å². The highest BCUT2D eigenvalue weighted by atomic mass is 35.5. The maximum absolute atomic E-state index is 13.1. The Kier molecular flexibility index (Phi) is 7.64. The first-order valence-corrected chi connectivity index (χ1v) is 12.4. The zero-order chi connectivity index (χ0) is 25.0. The highest BCUT2D eigenvalue weighted by Gasteiger charge is 2.22. The maximum atomic E-state index is 13.1. The van der Waals surface area contributed by atoms with Crippen molar-refractivity contribution in [2.24, 2.45) is 0 Å². The number of para-hydroxylation sites is 1. The fraction of sp³-hybridized carbons (Fsp3) is 0.200. The van der Waals surface area contributed by atoms with Gasteiger partial charge in [-0.25, -0.2) is 8.42 Å². The van der Waals surface area contributed by atoms with E-state index in [9.17, 15) is 18.0 Å². The number of aryl methyl sites for hydroxylation is 2. The molecule has 0 aliphatic heterocycles. The third kappa shape index (κ3) is 5.95. The molecule has 2 amide bonds. The predicted octanol–water partition coefficient (Wildman–Crippen LogP) is 5.15. The molecule has 3 N–H and O–H groups in total. The van der Waals surface area contributed by atoms with Crippen molar-refractivity contribution in [1.29, 1.82) is 0 Å². The minimum absolute atomic E-state index is 0.0227. The predicted molar refractivity (Wildman–Crippen MR) is 135 cm³/mol. The second-order valence-electron chi connectivity index (χ2n) is 8.20. The fourth-order valence-corrected chi connectivity index (χ4v) is 4.96. The largest absolute Gasteiger partial charge is 0.350 e. The summed E-state index contributed by atoms with van der Waals surface area (Å²) >= 11 is 6.19. The number of halogens is 1. The molecule has 0 aliphatic carbocycles. The maximum Gasteiger partial charge on any atom is 0.263 e. The Balaban J connectivity index is 1.89. The van der Waals surface area contributed by atoms with Gasteiger partial charge >= 0.3 is 0 Å². The smallest absolute Gasteiger partial charge is 0.263 e. The molecule has 0 radical (unpaired) electrons. The first-order chi connectivity index (χ1) is 16.0. The van der Waals surface area contributed by atoms with E-state index in [2.05, 4.69) is 15.4 Å². The molecule has 0 fully saturated rings. The number of hydrogen-bond acceptors (Lipinski definition) is 4. The van der Waals surface area contributed by atoms with Crippen molar-refractivity contribution < 1.29 is 18.0 Å². The highest BCUT2D eigenvalue weighted by molar-refractivity contribution is 7.92. The number of nitrogens with one attached hydrogen (secondary N) is 3. The molecule has 0 saturated carbocycles. The lowest BCUT2D eigenvalue weighted by Gasteiger charge is -2.15. The van der Waals surface area contributed by atoms with Crippen LogP contribution in [0.15, 0.2) is 65.6 Å². The van der Waals surface area contributed by atoms with Crippen LogP contribution in [0.2, 0.25) is 5.02 Å². The number of amides is 2. The molecule has 7 nitrogen and oxygen atoms in total. The zero-order valence-electron chi connectivity index (χ0n) is 19.3. The van der Waals surface area contributed by atoms with Crippen LogP contribution in [0.3, 0.4) is 0 Å². The van der Waals surface area contributed by atoms with E-state index in [0.717, 1.165) is 11.1 Å². The van der Waals surface area contributed by atoms with Gasteiger partial charge in [0.15, 0.2) is 0 Å². The van der Waals surface area contributed by atoms with Gasteiger partial charge in [0.2, 0.25) is 0 Å². The van der Waals surface area contributed by atoms with Crippen molar-refractivity contribution in [1.82, 2.24) is 5.32 Å². The van der Waals surface area contributed by atoms with Crippen LogP contribution in [0, 0.1) is 13.8 Å². The van der Waals surface area contributed by atoms with E-state index >= 15 is 0 Å². The Bertz CT molecular complexity index is 1350. The molecule has 3 aromatic carbocycles. The lowest BCUT2D eigenvalue weighted by atomic mass is 10.1. The number of anilines is 2. The SMILES string of the molecule is Cc1ccc(NS(=O)(=O)c2cc(C(=O)Nc3ccccc3C(=O)NC(C)C)ccc2Cl)c(C)c1. The van der Waals surface area contributed by atoms with E-state index in [1.54, 1.807) is 43.3 Å². The van der Waals surface area contributed by atoms with Gasteiger partial charge in [-0.1, -0.05) is 41.4 Å². The monoisotopic (exact) mass is 499 g/mol. The molecule has 3 aromatic rings. The molecular weight excluding hydrogens is 474 g/mol. The minimum Gasteiger partial charge on any atom is -0.350 e. The molecule has 3 rings (SSSR count). The molecule has 0 atom stereocenters. The van der Waals surface area contributed by atoms with E-state index in [-0.39, 0.29) is 27.4 Å². The molecule has 34 heavy (non-hydrogen) atoms. The summed E-state index contributed by atoms with van der Waals surface area (Å²) in [7, 11) is -4.07. The summed E-state index contributed by atoms with van der Waals surface area (Å²) in [5.41, 5.74) is 2.84. The molecule has 0 bridgehead atoms. The standard InChI is InChI=1S/C25H26ClN3O4S/c1-15(2)27-25(31)19-7-5-6-8-22(19)28-24(30)18-10-11-20(26)23(14-18)34(32,33)29-21-12-9-16(3)13-17(21)4/h5-15,29H,1-4H3,(H,27,31)(H,28,30). The summed E-state index contributed by atoms with van der Waals surface area (Å²) in [6.45, 7) is 7.37. The van der Waals surface area contributed by atoms with E-state index in [4.69, 9.17) is 11.6 Å². The average Bonchev–Trinajstić information content (AvgIpc) is 2.75. The van der Waals surface area contributed by atoms with Gasteiger partial charge in [-0.15, -0.1) is 0 Å². The zero-order valence-corrected chi connectivity index (χ0v) is 20.8. The van der Waals surface area contributed by atoms with Crippen molar-refractivity contribution in [2.75, 3.05) is 10.0 Å². The summed E-state index contributed by atoms with van der Waals surface area (Å²) in [6, 6.07) is 15.8. The normalized spacial score (nSPS) is 11.2. The van der Waals surface area contributed by atoms with Gasteiger partial charge in [0, 0.05) is 11.6 Å². The number of hydrogen-bond donors (Lipinski definition) is 3. The summed E-state index contributed by atoms with van der Waals surface area (Å²) in [6.07, 6.45) is 0. The Hall–Kier alpha value is -3.36. The molecule has 0 heterocycles. The summed E-state index contributed by atoms with van der Waals surface area (Å²) in [5, 5.41) is 5.45. The Morgan fingerprint density at radius 3 is 2.26 bits per heavy atom. The quantitative estimate of drug-likeness (QED) is 0.418. The molecule has 0 saturated heterocycles. The van der Waals surface area contributed by atoms with Gasteiger partial charge in [-0.3, -0.25) is 14.3 Å². The van der Waals surface area contributed by atoms with Crippen LogP contribution in [0.1, 0.15) is 45.7 Å². The summed E-state index contributed by atoms with van der Waals surface area (Å²) < 4.78 is 28.6. The number of rotatable bonds is 7. The first-order valence-electron chi connectivity index (χ1n) is 10.6. The second-order valence-corrected chi connectivity index (χ2v) is 10.3. The van der Waals surface area contributed by atoms with Crippen LogP contribution in [0.4, 0.5) is 11.4 Å². The van der Waals surface area contributed by atoms with Crippen LogP contribution in [0.25, 0.3) is 0 Å². The van der Waals surface area contributed by atoms with Gasteiger partial charge < -0.3 is 10.6 Å². The van der Waals surface area contributed by atoms with E-state index in [0.29, 0.717) is 16.9 Å². The summed E-state index contributed by atoms with van der Waals surface area (Å²) in [5.74, 6) is -0.910. The van der Waals surface area contributed by atoms with Gasteiger partial charge in [-0.05, 0) is 69.7 Å². The van der Waals surface area contributed by atoms with Crippen molar-refractivity contribution in [2.45, 2.75) is 38.6 Å². The fourth-order valence-electron chi connectivity index (χ4n) is 3.30. The Labute approximate surface area is 204 Å². The van der Waals surface area contributed by atoms with Crippen LogP contribution >= 0.6 is 11.6 Å². The van der Waals surface area contributed by atoms with E-state index in [1.165, 1.54) is 18.2 Å². The van der Waals surface area contributed by atoms with E-state index < -0.39 is 15.9 Å². The van der Waals surface area contributed by atoms with Crippen molar-refractivity contribution in [3.8, 4) is 0 Å². The van der Waals surface area contributed by atoms with Crippen molar-refractivity contribution in [3.05, 3.63) is 87.9 Å². The highest BCUT2D eigenvalue weighted by Crippen LogP contribution is 2.27. The van der Waals surface area contributed by atoms with Crippen LogP contribution in [0.5, 0.6) is 0 Å². The topological polar surface area (TPSA) is 104 Å². The van der Waals surface area contributed by atoms with Gasteiger partial charge in [0.05, 0.1) is 22.0 Å². The molecule has 0 aromatic heterocycles. The van der Waals surface area contributed by atoms with Crippen LogP contribution in [-0.4, -0.2) is 26.3 Å². The lowest BCUT2D eigenvalue weighted by Crippen LogP contribution is -2.31. The molecule has 0 spiro atoms. The summed E-state index contributed by atoms with van der Waals surface area (Å²) in [4.78, 5) is 25.2. The van der Waals surface area contributed by atoms with E-state index in [1.807, 2.05) is 26.8 Å². The Morgan fingerprint density at radius 1 is 0.882 bits per heavy atom. The lowest BCUT2D eigenvalue weighted by molar-refractivity contribution is 0.0944. The number of carbonyl (C=O) groups is 2. The average molecular weight is 500 g/mol. The third-order valence-electron chi connectivity index (χ3n) is 4.95. The molecule has 9 heteroatoms. The Morgan fingerprint density at radius 2 is 1.59 bits per heavy atom. The van der Waals surface area contributed by atoms with Gasteiger partial charge in [0.25, 0.3) is 21.8 Å². The van der Waals surface area contributed by atoms with Gasteiger partial charge in [0.1, 0.15) is 4.90 Å². The second kappa shape index (κ2) is 10.3. The molecule has 0 unspecified atom stereocenters. The first kappa shape index (κ1) is 25.3. The number of carbonyl (C=O) groups excluding carboxylic acids is 2. The van der Waals surface area contributed by atoms with Crippen molar-refractivity contribution in [3.63, 3.8) is 0 Å². The minimum atomic E-state index is -4.07. The van der Waals surface area contributed by atoms with Crippen LogP contribution in [-0.2, 0) is 10.0 Å². The molecular formula is C25H26ClN3O4S. The van der Waals surface area contributed by atoms with Crippen molar-refractivity contribution >= 4 is 44.8 Å². The molecule has 0 aliphatic rings. The third-order valence-corrected chi connectivity index (χ3v) is 6.80. The number of benzene rings is 3. The molecule has 178 valence electrons.